The van der Waals surface area contributed by atoms with E-state index in [2.05, 4.69) is 11.4 Å². The molecule has 140 valence electrons. The lowest BCUT2D eigenvalue weighted by atomic mass is 10.1. The van der Waals surface area contributed by atoms with Crippen LogP contribution in [0.1, 0.15) is 30.0 Å². The van der Waals surface area contributed by atoms with Crippen LogP contribution in [0.2, 0.25) is 0 Å². The van der Waals surface area contributed by atoms with E-state index in [1.54, 1.807) is 14.2 Å². The molecule has 0 fully saturated rings. The molecule has 0 aliphatic heterocycles. The van der Waals surface area contributed by atoms with Gasteiger partial charge in [-0.05, 0) is 55.2 Å². The molecule has 0 bridgehead atoms. The van der Waals surface area contributed by atoms with Crippen LogP contribution in [-0.4, -0.2) is 26.7 Å². The Morgan fingerprint density at radius 3 is 2.31 bits per heavy atom. The second kappa shape index (κ2) is 9.70. The number of carbonyl (C=O) groups is 1. The lowest BCUT2D eigenvalue weighted by Gasteiger charge is -2.12. The fourth-order valence-electron chi connectivity index (χ4n) is 2.74. The number of rotatable bonds is 9. The summed E-state index contributed by atoms with van der Waals surface area (Å²) >= 11 is 0. The predicted octanol–water partition coefficient (Wildman–Crippen LogP) is 3.66. The van der Waals surface area contributed by atoms with Gasteiger partial charge in [0.1, 0.15) is 5.75 Å². The van der Waals surface area contributed by atoms with Crippen LogP contribution in [0.25, 0.3) is 0 Å². The lowest BCUT2D eigenvalue weighted by Crippen LogP contribution is -2.23. The molecule has 2 aromatic rings. The molecule has 0 heterocycles. The van der Waals surface area contributed by atoms with Crippen molar-refractivity contribution < 1.29 is 19.0 Å². The zero-order chi connectivity index (χ0) is 18.9. The molecule has 26 heavy (non-hydrogen) atoms. The number of nitrogens with one attached hydrogen (secondary N) is 1. The van der Waals surface area contributed by atoms with Crippen LogP contribution >= 0.6 is 0 Å². The van der Waals surface area contributed by atoms with Gasteiger partial charge >= 0.3 is 0 Å². The van der Waals surface area contributed by atoms with Crippen molar-refractivity contribution >= 4 is 5.91 Å². The first-order chi connectivity index (χ1) is 12.6. The van der Waals surface area contributed by atoms with Crippen molar-refractivity contribution in [2.75, 3.05) is 20.8 Å². The first-order valence-corrected chi connectivity index (χ1v) is 8.77. The molecule has 5 nitrogen and oxygen atoms in total. The molecule has 5 heteroatoms. The van der Waals surface area contributed by atoms with Crippen molar-refractivity contribution in [1.82, 2.24) is 5.32 Å². The molecular formula is C21H27NO4. The number of benzene rings is 2. The third kappa shape index (κ3) is 5.41. The fraction of sp³-hybridized carbons (Fsp3) is 0.381. The van der Waals surface area contributed by atoms with Gasteiger partial charge < -0.3 is 19.5 Å². The summed E-state index contributed by atoms with van der Waals surface area (Å²) in [5.41, 5.74) is 3.18. The molecule has 0 unspecified atom stereocenters. The minimum absolute atomic E-state index is 0.0206. The maximum Gasteiger partial charge on any atom is 0.220 e. The molecule has 2 rings (SSSR count). The Bertz CT molecular complexity index is 743. The molecule has 2 aromatic carbocycles. The molecule has 0 aliphatic rings. The Hall–Kier alpha value is -2.69. The van der Waals surface area contributed by atoms with Gasteiger partial charge in [0.15, 0.2) is 11.5 Å². The Morgan fingerprint density at radius 1 is 0.962 bits per heavy atom. The fourth-order valence-corrected chi connectivity index (χ4v) is 2.74. The zero-order valence-corrected chi connectivity index (χ0v) is 15.9. The number of methoxy groups -OCH3 is 2. The smallest absolute Gasteiger partial charge is 0.220 e. The molecule has 0 radical (unpaired) electrons. The van der Waals surface area contributed by atoms with Crippen molar-refractivity contribution in [2.45, 2.75) is 33.2 Å². The highest BCUT2D eigenvalue weighted by molar-refractivity contribution is 5.76. The molecular weight excluding hydrogens is 330 g/mol. The summed E-state index contributed by atoms with van der Waals surface area (Å²) in [6.07, 6.45) is 1.14. The molecule has 0 saturated carbocycles. The van der Waals surface area contributed by atoms with Crippen LogP contribution in [0, 0.1) is 6.92 Å². The molecule has 1 N–H and O–H groups in total. The van der Waals surface area contributed by atoms with Crippen LogP contribution in [0.4, 0.5) is 0 Å². The number of hydrogen-bond donors (Lipinski definition) is 1. The number of hydrogen-bond acceptors (Lipinski definition) is 4. The van der Waals surface area contributed by atoms with Gasteiger partial charge in [0.05, 0.1) is 20.8 Å². The predicted molar refractivity (Wildman–Crippen MR) is 102 cm³/mol. The third-order valence-corrected chi connectivity index (χ3v) is 4.12. The maximum atomic E-state index is 12.1. The number of ether oxygens (including phenoxy) is 3. The Labute approximate surface area is 155 Å². The van der Waals surface area contributed by atoms with Gasteiger partial charge in [-0.3, -0.25) is 4.79 Å². The van der Waals surface area contributed by atoms with Gasteiger partial charge in [-0.2, -0.15) is 0 Å². The normalized spacial score (nSPS) is 10.3. The van der Waals surface area contributed by atoms with E-state index in [1.807, 2.05) is 44.2 Å². The molecule has 0 atom stereocenters. The zero-order valence-electron chi connectivity index (χ0n) is 15.9. The topological polar surface area (TPSA) is 56.8 Å². The lowest BCUT2D eigenvalue weighted by molar-refractivity contribution is -0.121. The first-order valence-electron chi connectivity index (χ1n) is 8.77. The molecule has 0 spiro atoms. The van der Waals surface area contributed by atoms with Crippen LogP contribution < -0.4 is 19.5 Å². The molecule has 0 saturated heterocycles. The Morgan fingerprint density at radius 2 is 1.65 bits per heavy atom. The van der Waals surface area contributed by atoms with Crippen LogP contribution in [-0.2, 0) is 17.8 Å². The van der Waals surface area contributed by atoms with Gasteiger partial charge in [0.2, 0.25) is 5.91 Å². The van der Waals surface area contributed by atoms with Crippen molar-refractivity contribution in [3.8, 4) is 17.2 Å². The summed E-state index contributed by atoms with van der Waals surface area (Å²) in [4.78, 5) is 12.1. The maximum absolute atomic E-state index is 12.1. The van der Waals surface area contributed by atoms with Gasteiger partial charge in [-0.25, -0.2) is 0 Å². The van der Waals surface area contributed by atoms with Crippen molar-refractivity contribution in [3.05, 3.63) is 53.1 Å². The summed E-state index contributed by atoms with van der Waals surface area (Å²) in [5.74, 6) is 2.27. The summed E-state index contributed by atoms with van der Waals surface area (Å²) in [7, 11) is 3.27. The van der Waals surface area contributed by atoms with Crippen molar-refractivity contribution in [2.24, 2.45) is 0 Å². The van der Waals surface area contributed by atoms with E-state index in [4.69, 9.17) is 14.2 Å². The minimum Gasteiger partial charge on any atom is -0.496 e. The Balaban J connectivity index is 1.86. The first kappa shape index (κ1) is 19.6. The highest BCUT2D eigenvalue weighted by Gasteiger charge is 2.08. The second-order valence-corrected chi connectivity index (χ2v) is 6.00. The van der Waals surface area contributed by atoms with E-state index in [-0.39, 0.29) is 5.91 Å². The Kier molecular flexibility index (Phi) is 7.33. The van der Waals surface area contributed by atoms with Crippen LogP contribution in [0.15, 0.2) is 36.4 Å². The minimum atomic E-state index is 0.0206. The van der Waals surface area contributed by atoms with E-state index in [0.717, 1.165) is 22.4 Å². The molecule has 0 aromatic heterocycles. The summed E-state index contributed by atoms with van der Waals surface area (Å²) < 4.78 is 16.1. The number of amides is 1. The van der Waals surface area contributed by atoms with Crippen LogP contribution in [0.3, 0.4) is 0 Å². The van der Waals surface area contributed by atoms with Crippen molar-refractivity contribution in [1.29, 1.82) is 0 Å². The molecule has 1 amide bonds. The average molecular weight is 357 g/mol. The van der Waals surface area contributed by atoms with Gasteiger partial charge in [-0.1, -0.05) is 18.2 Å². The van der Waals surface area contributed by atoms with E-state index in [9.17, 15) is 4.79 Å². The highest BCUT2D eigenvalue weighted by Crippen LogP contribution is 2.28. The van der Waals surface area contributed by atoms with E-state index in [0.29, 0.717) is 37.5 Å². The van der Waals surface area contributed by atoms with Gasteiger partial charge in [-0.15, -0.1) is 0 Å². The monoisotopic (exact) mass is 357 g/mol. The SMILES string of the molecule is CCOc1cc(CNC(=O)CCc2ccc(OC)c(C)c2)ccc1OC. The quantitative estimate of drug-likeness (QED) is 0.744. The van der Waals surface area contributed by atoms with Gasteiger partial charge in [0, 0.05) is 13.0 Å². The second-order valence-electron chi connectivity index (χ2n) is 6.00. The molecule has 0 aliphatic carbocycles. The number of carbonyl (C=O) groups excluding carboxylic acids is 1. The summed E-state index contributed by atoms with van der Waals surface area (Å²) in [5, 5.41) is 2.95. The average Bonchev–Trinajstić information content (AvgIpc) is 2.65. The van der Waals surface area contributed by atoms with Gasteiger partial charge in [0.25, 0.3) is 0 Å². The summed E-state index contributed by atoms with van der Waals surface area (Å²) in [6.45, 7) is 4.95. The van der Waals surface area contributed by atoms with Crippen molar-refractivity contribution in [3.63, 3.8) is 0 Å². The van der Waals surface area contributed by atoms with Crippen LogP contribution in [0.5, 0.6) is 17.2 Å². The number of aryl methyl sites for hydroxylation is 2. The highest BCUT2D eigenvalue weighted by atomic mass is 16.5. The van der Waals surface area contributed by atoms with E-state index in [1.165, 1.54) is 0 Å². The standard InChI is InChI=1S/C21H27NO4/c1-5-26-20-13-17(7-10-19(20)25-4)14-22-21(23)11-8-16-6-9-18(24-3)15(2)12-16/h6-7,9-10,12-13H,5,8,11,14H2,1-4H3,(H,22,23). The van der Waals surface area contributed by atoms with E-state index >= 15 is 0 Å². The third-order valence-electron chi connectivity index (χ3n) is 4.12. The van der Waals surface area contributed by atoms with E-state index < -0.39 is 0 Å². The summed E-state index contributed by atoms with van der Waals surface area (Å²) in [6, 6.07) is 11.7. The largest absolute Gasteiger partial charge is 0.496 e.